The van der Waals surface area contributed by atoms with E-state index in [-0.39, 0.29) is 0 Å². The van der Waals surface area contributed by atoms with Crippen molar-refractivity contribution in [2.45, 2.75) is 6.54 Å². The average Bonchev–Trinajstić information content (AvgIpc) is 3.08. The third-order valence-electron chi connectivity index (χ3n) is 2.55. The molecule has 0 saturated heterocycles. The van der Waals surface area contributed by atoms with Crippen molar-refractivity contribution >= 4 is 33.0 Å². The lowest BCUT2D eigenvalue weighted by Crippen LogP contribution is -1.97. The van der Waals surface area contributed by atoms with Crippen LogP contribution < -0.4 is 5.32 Å². The molecule has 96 valence electrons. The lowest BCUT2D eigenvalue weighted by atomic mass is 10.2. The van der Waals surface area contributed by atoms with Gasteiger partial charge in [0.15, 0.2) is 0 Å². The summed E-state index contributed by atoms with van der Waals surface area (Å²) in [5.41, 5.74) is 1.97. The zero-order chi connectivity index (χ0) is 13.1. The normalized spacial score (nSPS) is 10.6. The first-order chi connectivity index (χ1) is 9.31. The Hall–Kier alpha value is -1.73. The summed E-state index contributed by atoms with van der Waals surface area (Å²) in [6, 6.07) is 10.1. The van der Waals surface area contributed by atoms with Crippen LogP contribution in [0.1, 0.15) is 4.88 Å². The third-order valence-corrected chi connectivity index (χ3v) is 4.25. The maximum Gasteiger partial charge on any atom is 0.204 e. The predicted octanol–water partition coefficient (Wildman–Crippen LogP) is 3.30. The van der Waals surface area contributed by atoms with Crippen LogP contribution in [0.2, 0.25) is 0 Å². The van der Waals surface area contributed by atoms with Crippen LogP contribution in [-0.2, 0) is 6.54 Å². The fraction of sp³-hybridized carbons (Fsp3) is 0.0833. The van der Waals surface area contributed by atoms with Gasteiger partial charge in [0.2, 0.25) is 5.82 Å². The minimum atomic E-state index is 0.600. The summed E-state index contributed by atoms with van der Waals surface area (Å²) >= 11 is 5.17. The minimum Gasteiger partial charge on any atom is -0.380 e. The van der Waals surface area contributed by atoms with Crippen molar-refractivity contribution in [3.63, 3.8) is 0 Å². The van der Waals surface area contributed by atoms with Crippen LogP contribution in [-0.4, -0.2) is 20.6 Å². The zero-order valence-corrected chi connectivity index (χ0v) is 12.2. The Bertz CT molecular complexity index is 664. The second-order valence-electron chi connectivity index (χ2n) is 3.90. The molecule has 1 aromatic carbocycles. The molecule has 0 atom stereocenters. The molecule has 0 unspecified atom stereocenters. The first-order valence-electron chi connectivity index (χ1n) is 5.62. The number of aromatic nitrogens is 4. The van der Waals surface area contributed by atoms with Gasteiger partial charge < -0.3 is 5.32 Å². The number of tetrazole rings is 1. The molecule has 0 radical (unpaired) electrons. The highest BCUT2D eigenvalue weighted by Crippen LogP contribution is 2.22. The van der Waals surface area contributed by atoms with E-state index in [1.165, 1.54) is 4.88 Å². The highest BCUT2D eigenvalue weighted by atomic mass is 79.9. The van der Waals surface area contributed by atoms with Crippen LogP contribution in [0.15, 0.2) is 40.2 Å². The van der Waals surface area contributed by atoms with Crippen LogP contribution in [0.5, 0.6) is 0 Å². The number of nitrogens with one attached hydrogen (secondary N) is 2. The smallest absolute Gasteiger partial charge is 0.204 e. The number of nitrogens with zero attached hydrogens (tertiary/aromatic N) is 3. The van der Waals surface area contributed by atoms with E-state index >= 15 is 0 Å². The molecule has 0 saturated carbocycles. The maximum absolute atomic E-state index is 3.97. The molecule has 2 aromatic heterocycles. The molecule has 2 N–H and O–H groups in total. The van der Waals surface area contributed by atoms with E-state index in [1.54, 1.807) is 11.3 Å². The fourth-order valence-corrected chi connectivity index (χ4v) is 3.08. The number of rotatable bonds is 4. The highest BCUT2D eigenvalue weighted by molar-refractivity contribution is 9.10. The SMILES string of the molecule is Brc1csc(CNc2cccc(-c3nn[nH]n3)c2)c1. The van der Waals surface area contributed by atoms with Gasteiger partial charge in [-0.05, 0) is 39.3 Å². The molecule has 0 amide bonds. The van der Waals surface area contributed by atoms with Crippen molar-refractivity contribution < 1.29 is 0 Å². The number of halogens is 1. The van der Waals surface area contributed by atoms with E-state index in [2.05, 4.69) is 53.3 Å². The molecular weight excluding hydrogens is 326 g/mol. The number of aromatic amines is 1. The molecule has 7 heteroatoms. The molecule has 0 aliphatic carbocycles. The van der Waals surface area contributed by atoms with Crippen molar-refractivity contribution in [3.8, 4) is 11.4 Å². The van der Waals surface area contributed by atoms with Gasteiger partial charge >= 0.3 is 0 Å². The lowest BCUT2D eigenvalue weighted by molar-refractivity contribution is 0.881. The van der Waals surface area contributed by atoms with Gasteiger partial charge in [0.25, 0.3) is 0 Å². The summed E-state index contributed by atoms with van der Waals surface area (Å²) in [4.78, 5) is 1.27. The second kappa shape index (κ2) is 5.50. The average molecular weight is 336 g/mol. The van der Waals surface area contributed by atoms with Crippen molar-refractivity contribution in [2.75, 3.05) is 5.32 Å². The Labute approximate surface area is 122 Å². The maximum atomic E-state index is 3.97. The number of thiophene rings is 1. The summed E-state index contributed by atoms with van der Waals surface area (Å²) in [5, 5.41) is 19.4. The van der Waals surface area contributed by atoms with Gasteiger partial charge in [-0.3, -0.25) is 0 Å². The van der Waals surface area contributed by atoms with Gasteiger partial charge in [-0.1, -0.05) is 12.1 Å². The molecule has 0 fully saturated rings. The zero-order valence-electron chi connectivity index (χ0n) is 9.80. The van der Waals surface area contributed by atoms with E-state index in [0.29, 0.717) is 5.82 Å². The number of H-pyrrole nitrogens is 1. The molecule has 5 nitrogen and oxygen atoms in total. The molecular formula is C12H10BrN5S. The number of anilines is 1. The van der Waals surface area contributed by atoms with E-state index in [4.69, 9.17) is 0 Å². The van der Waals surface area contributed by atoms with Crippen LogP contribution in [0, 0.1) is 0 Å². The van der Waals surface area contributed by atoms with E-state index in [9.17, 15) is 0 Å². The number of hydrogen-bond donors (Lipinski definition) is 2. The Morgan fingerprint density at radius 2 is 2.26 bits per heavy atom. The van der Waals surface area contributed by atoms with Crippen LogP contribution in [0.3, 0.4) is 0 Å². The van der Waals surface area contributed by atoms with Crippen LogP contribution in [0.4, 0.5) is 5.69 Å². The summed E-state index contributed by atoms with van der Waals surface area (Å²) in [6.45, 7) is 0.798. The minimum absolute atomic E-state index is 0.600. The number of benzene rings is 1. The molecule has 0 bridgehead atoms. The van der Waals surface area contributed by atoms with E-state index in [0.717, 1.165) is 22.3 Å². The van der Waals surface area contributed by atoms with Gasteiger partial charge in [0, 0.05) is 32.5 Å². The molecule has 0 aliphatic heterocycles. The monoisotopic (exact) mass is 335 g/mol. The van der Waals surface area contributed by atoms with Gasteiger partial charge in [-0.2, -0.15) is 5.21 Å². The second-order valence-corrected chi connectivity index (χ2v) is 5.81. The highest BCUT2D eigenvalue weighted by Gasteiger charge is 2.04. The molecule has 2 heterocycles. The molecule has 0 aliphatic rings. The number of hydrogen-bond acceptors (Lipinski definition) is 5. The van der Waals surface area contributed by atoms with Gasteiger partial charge in [0.05, 0.1) is 0 Å². The van der Waals surface area contributed by atoms with Crippen molar-refractivity contribution in [1.29, 1.82) is 0 Å². The molecule has 3 rings (SSSR count). The Morgan fingerprint density at radius 3 is 3.00 bits per heavy atom. The summed E-state index contributed by atoms with van der Waals surface area (Å²) < 4.78 is 1.12. The summed E-state index contributed by atoms with van der Waals surface area (Å²) in [7, 11) is 0. The van der Waals surface area contributed by atoms with Gasteiger partial charge in [-0.25, -0.2) is 0 Å². The first kappa shape index (κ1) is 12.3. The molecule has 0 spiro atoms. The Morgan fingerprint density at radius 1 is 1.32 bits per heavy atom. The molecule has 19 heavy (non-hydrogen) atoms. The van der Waals surface area contributed by atoms with Crippen molar-refractivity contribution in [3.05, 3.63) is 45.1 Å². The standard InChI is InChI=1S/C12H10BrN5S/c13-9-5-11(19-7-9)6-14-10-3-1-2-8(4-10)12-15-17-18-16-12/h1-5,7,14H,6H2,(H,15,16,17,18). The first-order valence-corrected chi connectivity index (χ1v) is 7.29. The van der Waals surface area contributed by atoms with E-state index < -0.39 is 0 Å². The molecule has 3 aromatic rings. The topological polar surface area (TPSA) is 66.5 Å². The van der Waals surface area contributed by atoms with Gasteiger partial charge in [-0.15, -0.1) is 21.5 Å². The van der Waals surface area contributed by atoms with Crippen molar-refractivity contribution in [1.82, 2.24) is 20.6 Å². The quantitative estimate of drug-likeness (QED) is 0.767. The third kappa shape index (κ3) is 2.99. The summed E-state index contributed by atoms with van der Waals surface area (Å²) in [6.07, 6.45) is 0. The Balaban J connectivity index is 1.73. The van der Waals surface area contributed by atoms with Crippen LogP contribution in [0.25, 0.3) is 11.4 Å². The van der Waals surface area contributed by atoms with Crippen LogP contribution >= 0.6 is 27.3 Å². The Kier molecular flexibility index (Phi) is 3.56. The van der Waals surface area contributed by atoms with E-state index in [1.807, 2.05) is 24.3 Å². The lowest BCUT2D eigenvalue weighted by Gasteiger charge is -2.05. The van der Waals surface area contributed by atoms with Gasteiger partial charge in [0.1, 0.15) is 0 Å². The fourth-order valence-electron chi connectivity index (χ4n) is 1.69. The largest absolute Gasteiger partial charge is 0.380 e. The van der Waals surface area contributed by atoms with Crippen molar-refractivity contribution in [2.24, 2.45) is 0 Å². The predicted molar refractivity (Wildman–Crippen MR) is 79.0 cm³/mol. The summed E-state index contributed by atoms with van der Waals surface area (Å²) in [5.74, 6) is 0.600.